The van der Waals surface area contributed by atoms with Crippen LogP contribution in [0.2, 0.25) is 0 Å². The SMILES string of the molecule is CCC1CCC(N=C(N)C(C)C)CC1. The highest BCUT2D eigenvalue weighted by molar-refractivity contribution is 5.82. The average molecular weight is 196 g/mol. The highest BCUT2D eigenvalue weighted by atomic mass is 14.9. The molecule has 0 saturated heterocycles. The van der Waals surface area contributed by atoms with Gasteiger partial charge in [-0.3, -0.25) is 4.99 Å². The molecule has 0 amide bonds. The molecule has 0 aromatic carbocycles. The van der Waals surface area contributed by atoms with Crippen molar-refractivity contribution in [2.75, 3.05) is 0 Å². The van der Waals surface area contributed by atoms with Crippen molar-refractivity contribution < 1.29 is 0 Å². The molecule has 0 unspecified atom stereocenters. The van der Waals surface area contributed by atoms with E-state index >= 15 is 0 Å². The molecule has 0 aromatic heterocycles. The second-order valence-electron chi connectivity index (χ2n) is 4.79. The van der Waals surface area contributed by atoms with Gasteiger partial charge in [0.05, 0.1) is 11.9 Å². The third-order valence-electron chi connectivity index (χ3n) is 3.32. The van der Waals surface area contributed by atoms with Crippen molar-refractivity contribution >= 4 is 5.84 Å². The van der Waals surface area contributed by atoms with Gasteiger partial charge in [0.2, 0.25) is 0 Å². The molecule has 82 valence electrons. The molecule has 0 bridgehead atoms. The first-order valence-electron chi connectivity index (χ1n) is 5.96. The second-order valence-corrected chi connectivity index (χ2v) is 4.79. The maximum atomic E-state index is 5.86. The Balaban J connectivity index is 2.38. The van der Waals surface area contributed by atoms with Gasteiger partial charge in [0.15, 0.2) is 0 Å². The quantitative estimate of drug-likeness (QED) is 0.547. The fraction of sp³-hybridized carbons (Fsp3) is 0.917. The summed E-state index contributed by atoms with van der Waals surface area (Å²) in [7, 11) is 0. The first kappa shape index (κ1) is 11.5. The summed E-state index contributed by atoms with van der Waals surface area (Å²) in [6, 6.07) is 0.514. The van der Waals surface area contributed by atoms with Crippen molar-refractivity contribution in [2.45, 2.75) is 58.9 Å². The van der Waals surface area contributed by atoms with E-state index in [1.807, 2.05) is 0 Å². The zero-order chi connectivity index (χ0) is 10.6. The van der Waals surface area contributed by atoms with Crippen LogP contribution in [0.3, 0.4) is 0 Å². The fourth-order valence-corrected chi connectivity index (χ4v) is 2.04. The lowest BCUT2D eigenvalue weighted by Crippen LogP contribution is -2.24. The second kappa shape index (κ2) is 5.38. The zero-order valence-electron chi connectivity index (χ0n) is 9.79. The standard InChI is InChI=1S/C12H24N2/c1-4-10-5-7-11(8-6-10)14-12(13)9(2)3/h9-11H,4-8H2,1-3H3,(H2,13,14). The largest absolute Gasteiger partial charge is 0.387 e. The van der Waals surface area contributed by atoms with Crippen LogP contribution >= 0.6 is 0 Å². The van der Waals surface area contributed by atoms with Gasteiger partial charge in [-0.25, -0.2) is 0 Å². The lowest BCUT2D eigenvalue weighted by molar-refractivity contribution is 0.320. The molecule has 0 aromatic rings. The van der Waals surface area contributed by atoms with Gasteiger partial charge >= 0.3 is 0 Å². The molecule has 0 atom stereocenters. The van der Waals surface area contributed by atoms with Crippen molar-refractivity contribution in [2.24, 2.45) is 22.6 Å². The molecule has 14 heavy (non-hydrogen) atoms. The highest BCUT2D eigenvalue weighted by Crippen LogP contribution is 2.28. The molecule has 0 radical (unpaired) electrons. The summed E-state index contributed by atoms with van der Waals surface area (Å²) < 4.78 is 0. The Kier molecular flexibility index (Phi) is 4.43. The molecular weight excluding hydrogens is 172 g/mol. The van der Waals surface area contributed by atoms with Crippen LogP contribution < -0.4 is 5.73 Å². The van der Waals surface area contributed by atoms with Crippen LogP contribution in [0.5, 0.6) is 0 Å². The number of hydrogen-bond donors (Lipinski definition) is 1. The highest BCUT2D eigenvalue weighted by Gasteiger charge is 2.19. The number of nitrogens with zero attached hydrogens (tertiary/aromatic N) is 1. The van der Waals surface area contributed by atoms with Gasteiger partial charge in [-0.1, -0.05) is 27.2 Å². The number of nitrogens with two attached hydrogens (primary N) is 1. The van der Waals surface area contributed by atoms with Crippen LogP contribution in [0.25, 0.3) is 0 Å². The maximum absolute atomic E-state index is 5.86. The van der Waals surface area contributed by atoms with E-state index in [1.165, 1.54) is 32.1 Å². The lowest BCUT2D eigenvalue weighted by Gasteiger charge is -2.25. The van der Waals surface area contributed by atoms with Gasteiger partial charge in [-0.05, 0) is 31.6 Å². The van der Waals surface area contributed by atoms with Crippen LogP contribution in [0.15, 0.2) is 4.99 Å². The lowest BCUT2D eigenvalue weighted by atomic mass is 9.85. The Hall–Kier alpha value is -0.530. The van der Waals surface area contributed by atoms with Crippen LogP contribution in [0, 0.1) is 11.8 Å². The molecule has 2 N–H and O–H groups in total. The van der Waals surface area contributed by atoms with Gasteiger partial charge < -0.3 is 5.73 Å². The summed E-state index contributed by atoms with van der Waals surface area (Å²) in [6.45, 7) is 6.50. The molecule has 1 fully saturated rings. The molecule has 1 aliphatic rings. The smallest absolute Gasteiger partial charge is 0.0966 e. The van der Waals surface area contributed by atoms with Gasteiger partial charge in [0, 0.05) is 5.92 Å². The van der Waals surface area contributed by atoms with Gasteiger partial charge in [-0.15, -0.1) is 0 Å². The number of amidine groups is 1. The Bertz CT molecular complexity index is 188. The first-order chi connectivity index (χ1) is 6.63. The third kappa shape index (κ3) is 3.32. The van der Waals surface area contributed by atoms with Crippen molar-refractivity contribution in [3.05, 3.63) is 0 Å². The minimum absolute atomic E-state index is 0.402. The zero-order valence-corrected chi connectivity index (χ0v) is 9.79. The summed E-state index contributed by atoms with van der Waals surface area (Å²) in [5, 5.41) is 0. The summed E-state index contributed by atoms with van der Waals surface area (Å²) in [4.78, 5) is 4.60. The normalized spacial score (nSPS) is 29.6. The number of rotatable bonds is 3. The predicted octanol–water partition coefficient (Wildman–Crippen LogP) is 2.97. The number of hydrogen-bond acceptors (Lipinski definition) is 1. The minimum Gasteiger partial charge on any atom is -0.387 e. The molecule has 1 aliphatic carbocycles. The van der Waals surface area contributed by atoms with Gasteiger partial charge in [-0.2, -0.15) is 0 Å². The topological polar surface area (TPSA) is 38.4 Å². The Morgan fingerprint density at radius 2 is 1.86 bits per heavy atom. The summed E-state index contributed by atoms with van der Waals surface area (Å²) in [5.41, 5.74) is 5.86. The summed E-state index contributed by atoms with van der Waals surface area (Å²) >= 11 is 0. The van der Waals surface area contributed by atoms with Gasteiger partial charge in [0.1, 0.15) is 0 Å². The van der Waals surface area contributed by atoms with E-state index in [0.717, 1.165) is 11.8 Å². The molecule has 0 heterocycles. The first-order valence-corrected chi connectivity index (χ1v) is 5.96. The summed E-state index contributed by atoms with van der Waals surface area (Å²) in [5.74, 6) is 2.19. The number of aliphatic imine (C=N–C) groups is 1. The van der Waals surface area contributed by atoms with E-state index in [0.29, 0.717) is 12.0 Å². The molecule has 0 spiro atoms. The van der Waals surface area contributed by atoms with Crippen molar-refractivity contribution in [1.29, 1.82) is 0 Å². The molecule has 2 nitrogen and oxygen atoms in total. The molecule has 1 rings (SSSR count). The molecular formula is C12H24N2. The van der Waals surface area contributed by atoms with E-state index in [-0.39, 0.29) is 0 Å². The molecule has 0 aliphatic heterocycles. The van der Waals surface area contributed by atoms with Crippen molar-refractivity contribution in [1.82, 2.24) is 0 Å². The van der Waals surface area contributed by atoms with Crippen molar-refractivity contribution in [3.63, 3.8) is 0 Å². The Morgan fingerprint density at radius 3 is 2.29 bits per heavy atom. The van der Waals surface area contributed by atoms with E-state index in [1.54, 1.807) is 0 Å². The van der Waals surface area contributed by atoms with E-state index in [2.05, 4.69) is 25.8 Å². The van der Waals surface area contributed by atoms with Gasteiger partial charge in [0.25, 0.3) is 0 Å². The fourth-order valence-electron chi connectivity index (χ4n) is 2.04. The Labute approximate surface area is 88.0 Å². The third-order valence-corrected chi connectivity index (χ3v) is 3.32. The van der Waals surface area contributed by atoms with E-state index in [4.69, 9.17) is 5.73 Å². The van der Waals surface area contributed by atoms with E-state index < -0.39 is 0 Å². The Morgan fingerprint density at radius 1 is 1.29 bits per heavy atom. The monoisotopic (exact) mass is 196 g/mol. The maximum Gasteiger partial charge on any atom is 0.0966 e. The molecule has 2 heteroatoms. The minimum atomic E-state index is 0.402. The summed E-state index contributed by atoms with van der Waals surface area (Å²) in [6.07, 6.45) is 6.50. The van der Waals surface area contributed by atoms with Crippen LogP contribution in [-0.4, -0.2) is 11.9 Å². The van der Waals surface area contributed by atoms with Crippen LogP contribution in [0.1, 0.15) is 52.9 Å². The molecule has 1 saturated carbocycles. The average Bonchev–Trinajstić information content (AvgIpc) is 2.19. The van der Waals surface area contributed by atoms with Crippen LogP contribution in [0.4, 0.5) is 0 Å². The predicted molar refractivity (Wildman–Crippen MR) is 62.5 cm³/mol. The van der Waals surface area contributed by atoms with Crippen LogP contribution in [-0.2, 0) is 0 Å². The van der Waals surface area contributed by atoms with Crippen molar-refractivity contribution in [3.8, 4) is 0 Å². The van der Waals surface area contributed by atoms with E-state index in [9.17, 15) is 0 Å².